The van der Waals surface area contributed by atoms with Gasteiger partial charge in [-0.1, -0.05) is 19.0 Å². The molecule has 0 aliphatic rings. The van der Waals surface area contributed by atoms with Gasteiger partial charge in [0.05, 0.1) is 11.4 Å². The van der Waals surface area contributed by atoms with E-state index in [1.165, 1.54) is 11.8 Å². The number of aliphatic carboxylic acids is 1. The number of carboxylic acid groups (broad SMARTS) is 1. The predicted octanol–water partition coefficient (Wildman–Crippen LogP) is 2.14. The lowest BCUT2D eigenvalue weighted by Gasteiger charge is -2.16. The molecule has 6 nitrogen and oxygen atoms in total. The fourth-order valence-corrected chi connectivity index (χ4v) is 2.87. The van der Waals surface area contributed by atoms with Crippen LogP contribution >= 0.6 is 11.8 Å². The van der Waals surface area contributed by atoms with E-state index in [2.05, 4.69) is 10.5 Å². The molecule has 1 heterocycles. The number of amides is 1. The number of rotatable bonds is 8. The number of aromatic nitrogens is 1. The maximum absolute atomic E-state index is 11.8. The molecule has 7 heteroatoms. The van der Waals surface area contributed by atoms with Crippen LogP contribution in [0.15, 0.2) is 4.52 Å². The molecule has 0 fully saturated rings. The van der Waals surface area contributed by atoms with Crippen molar-refractivity contribution in [3.8, 4) is 0 Å². The molecule has 1 rings (SSSR count). The average molecular weight is 314 g/mol. The maximum Gasteiger partial charge on any atom is 0.326 e. The smallest absolute Gasteiger partial charge is 0.326 e. The lowest BCUT2D eigenvalue weighted by molar-refractivity contribution is -0.141. The van der Waals surface area contributed by atoms with Crippen LogP contribution in [-0.4, -0.2) is 33.9 Å². The van der Waals surface area contributed by atoms with Gasteiger partial charge in [-0.15, -0.1) is 11.8 Å². The number of carbonyl (C=O) groups excluding carboxylic acids is 1. The van der Waals surface area contributed by atoms with Gasteiger partial charge in [-0.3, -0.25) is 4.79 Å². The fourth-order valence-electron chi connectivity index (χ4n) is 1.88. The molecule has 0 aliphatic carbocycles. The summed E-state index contributed by atoms with van der Waals surface area (Å²) in [6.07, 6.45) is 0.426. The minimum Gasteiger partial charge on any atom is -0.480 e. The SMILES string of the molecule is Cc1noc(C)c1CSCC(=O)N[C@H](CC(C)C)C(=O)O. The Labute approximate surface area is 128 Å². The van der Waals surface area contributed by atoms with Crippen LogP contribution in [0.5, 0.6) is 0 Å². The molecule has 1 atom stereocenters. The molecule has 1 aromatic rings. The normalized spacial score (nSPS) is 12.4. The van der Waals surface area contributed by atoms with Gasteiger partial charge in [-0.2, -0.15) is 0 Å². The highest BCUT2D eigenvalue weighted by Crippen LogP contribution is 2.19. The lowest BCUT2D eigenvalue weighted by atomic mass is 10.0. The Kier molecular flexibility index (Phi) is 6.74. The van der Waals surface area contributed by atoms with Crippen LogP contribution in [0.4, 0.5) is 0 Å². The Morgan fingerprint density at radius 3 is 2.52 bits per heavy atom. The maximum atomic E-state index is 11.8. The summed E-state index contributed by atoms with van der Waals surface area (Å²) in [5.41, 5.74) is 1.81. The highest BCUT2D eigenvalue weighted by molar-refractivity contribution is 7.99. The predicted molar refractivity (Wildman–Crippen MR) is 81.2 cm³/mol. The number of nitrogens with zero attached hydrogens (tertiary/aromatic N) is 1. The minimum absolute atomic E-state index is 0.210. The minimum atomic E-state index is -0.993. The van der Waals surface area contributed by atoms with Crippen molar-refractivity contribution in [3.63, 3.8) is 0 Å². The van der Waals surface area contributed by atoms with Gasteiger partial charge >= 0.3 is 5.97 Å². The number of hydrogen-bond acceptors (Lipinski definition) is 5. The molecule has 0 aliphatic heterocycles. The third kappa shape index (κ3) is 5.79. The summed E-state index contributed by atoms with van der Waals surface area (Å²) in [6.45, 7) is 7.54. The molecule has 0 saturated carbocycles. The molecule has 0 aromatic carbocycles. The highest BCUT2D eigenvalue weighted by atomic mass is 32.2. The Hall–Kier alpha value is -1.50. The monoisotopic (exact) mass is 314 g/mol. The number of carboxylic acids is 1. The molecule has 0 bridgehead atoms. The van der Waals surface area contributed by atoms with Crippen LogP contribution in [0.2, 0.25) is 0 Å². The zero-order valence-electron chi connectivity index (χ0n) is 12.8. The van der Waals surface area contributed by atoms with Crippen molar-refractivity contribution in [2.45, 2.75) is 45.9 Å². The first-order chi connectivity index (χ1) is 9.81. The molecule has 0 saturated heterocycles. The van der Waals surface area contributed by atoms with Crippen molar-refractivity contribution >= 4 is 23.6 Å². The fraction of sp³-hybridized carbons (Fsp3) is 0.643. The van der Waals surface area contributed by atoms with Crippen molar-refractivity contribution < 1.29 is 19.2 Å². The van der Waals surface area contributed by atoms with Crippen molar-refractivity contribution in [2.75, 3.05) is 5.75 Å². The van der Waals surface area contributed by atoms with Crippen molar-refractivity contribution in [2.24, 2.45) is 5.92 Å². The molecule has 1 amide bonds. The van der Waals surface area contributed by atoms with Crippen molar-refractivity contribution in [1.82, 2.24) is 10.5 Å². The van der Waals surface area contributed by atoms with Gasteiger partial charge in [0.1, 0.15) is 11.8 Å². The van der Waals surface area contributed by atoms with Crippen LogP contribution in [0, 0.1) is 19.8 Å². The van der Waals surface area contributed by atoms with Crippen LogP contribution in [0.3, 0.4) is 0 Å². The summed E-state index contributed by atoms with van der Waals surface area (Å²) in [5, 5.41) is 15.5. The summed E-state index contributed by atoms with van der Waals surface area (Å²) in [7, 11) is 0. The first kappa shape index (κ1) is 17.6. The highest BCUT2D eigenvalue weighted by Gasteiger charge is 2.21. The molecule has 0 spiro atoms. The van der Waals surface area contributed by atoms with Crippen LogP contribution < -0.4 is 5.32 Å². The van der Waals surface area contributed by atoms with E-state index in [4.69, 9.17) is 9.63 Å². The number of aryl methyl sites for hydroxylation is 2. The Morgan fingerprint density at radius 1 is 1.38 bits per heavy atom. The topological polar surface area (TPSA) is 92.4 Å². The summed E-state index contributed by atoms with van der Waals surface area (Å²) in [5.74, 6) is 0.542. The number of hydrogen-bond donors (Lipinski definition) is 2. The second kappa shape index (κ2) is 8.07. The van der Waals surface area contributed by atoms with Gasteiger partial charge in [0, 0.05) is 11.3 Å². The molecule has 21 heavy (non-hydrogen) atoms. The van der Waals surface area contributed by atoms with E-state index < -0.39 is 12.0 Å². The van der Waals surface area contributed by atoms with E-state index in [-0.39, 0.29) is 17.6 Å². The summed E-state index contributed by atoms with van der Waals surface area (Å²) in [4.78, 5) is 22.9. The van der Waals surface area contributed by atoms with Gasteiger partial charge in [0.15, 0.2) is 0 Å². The molecule has 2 N–H and O–H groups in total. The van der Waals surface area contributed by atoms with E-state index in [1.54, 1.807) is 0 Å². The van der Waals surface area contributed by atoms with Gasteiger partial charge in [0.25, 0.3) is 0 Å². The molecule has 1 aromatic heterocycles. The Morgan fingerprint density at radius 2 is 2.05 bits per heavy atom. The van der Waals surface area contributed by atoms with E-state index in [9.17, 15) is 9.59 Å². The van der Waals surface area contributed by atoms with Gasteiger partial charge < -0.3 is 14.9 Å². The largest absolute Gasteiger partial charge is 0.480 e. The first-order valence-electron chi connectivity index (χ1n) is 6.83. The Balaban J connectivity index is 2.41. The third-order valence-electron chi connectivity index (χ3n) is 3.00. The molecule has 0 unspecified atom stereocenters. The van der Waals surface area contributed by atoms with Crippen molar-refractivity contribution in [1.29, 1.82) is 0 Å². The standard InChI is InChI=1S/C14H22N2O4S/c1-8(2)5-12(14(18)19)15-13(17)7-21-6-11-9(3)16-20-10(11)4/h8,12H,5-7H2,1-4H3,(H,15,17)(H,18,19)/t12-/m1/s1. The summed E-state index contributed by atoms with van der Waals surface area (Å²) < 4.78 is 5.05. The second-order valence-corrected chi connectivity index (χ2v) is 6.37. The van der Waals surface area contributed by atoms with Gasteiger partial charge in [-0.25, -0.2) is 4.79 Å². The number of carbonyl (C=O) groups is 2. The van der Waals surface area contributed by atoms with Gasteiger partial charge in [-0.05, 0) is 26.2 Å². The van der Waals surface area contributed by atoms with E-state index in [0.29, 0.717) is 12.2 Å². The van der Waals surface area contributed by atoms with Crippen LogP contribution in [-0.2, 0) is 15.3 Å². The lowest BCUT2D eigenvalue weighted by Crippen LogP contribution is -2.42. The average Bonchev–Trinajstić information content (AvgIpc) is 2.69. The molecule has 118 valence electrons. The van der Waals surface area contributed by atoms with E-state index in [1.807, 2.05) is 27.7 Å². The molecular weight excluding hydrogens is 292 g/mol. The molecular formula is C14H22N2O4S. The molecule has 0 radical (unpaired) electrons. The van der Waals surface area contributed by atoms with E-state index in [0.717, 1.165) is 17.0 Å². The zero-order valence-corrected chi connectivity index (χ0v) is 13.6. The number of thioether (sulfide) groups is 1. The van der Waals surface area contributed by atoms with Crippen LogP contribution in [0.1, 0.15) is 37.3 Å². The Bertz CT molecular complexity index is 480. The summed E-state index contributed by atoms with van der Waals surface area (Å²) >= 11 is 1.42. The third-order valence-corrected chi connectivity index (χ3v) is 3.96. The first-order valence-corrected chi connectivity index (χ1v) is 7.98. The van der Waals surface area contributed by atoms with Crippen LogP contribution in [0.25, 0.3) is 0 Å². The zero-order chi connectivity index (χ0) is 16.0. The van der Waals surface area contributed by atoms with E-state index >= 15 is 0 Å². The van der Waals surface area contributed by atoms with Crippen molar-refractivity contribution in [3.05, 3.63) is 17.0 Å². The quantitative estimate of drug-likeness (QED) is 0.763. The number of nitrogens with one attached hydrogen (secondary N) is 1. The second-order valence-electron chi connectivity index (χ2n) is 5.38. The summed E-state index contributed by atoms with van der Waals surface area (Å²) in [6, 6.07) is -0.822. The van der Waals surface area contributed by atoms with Gasteiger partial charge in [0.2, 0.25) is 5.91 Å².